The molecule has 2 aromatic rings. The highest BCUT2D eigenvalue weighted by Crippen LogP contribution is 2.35. The number of hydrogen-bond acceptors (Lipinski definition) is 3. The fourth-order valence-corrected chi connectivity index (χ4v) is 2.82. The normalized spacial score (nSPS) is 10.9. The summed E-state index contributed by atoms with van der Waals surface area (Å²) in [7, 11) is 0. The number of thiophene rings is 1. The fourth-order valence-electron chi connectivity index (χ4n) is 1.29. The molecule has 0 bridgehead atoms. The van der Waals surface area contributed by atoms with E-state index in [-0.39, 0.29) is 6.61 Å². The lowest BCUT2D eigenvalue weighted by Gasteiger charge is -1.99. The molecule has 4 heteroatoms. The Balaban J connectivity index is 2.83. The van der Waals surface area contributed by atoms with Gasteiger partial charge in [-0.25, -0.2) is 0 Å². The molecule has 3 N–H and O–H groups in total. The standard InChI is InChI=1S/C9H8BrNOS/c10-7-2-1-5(4-12)9-6(7)3-8(11)13-9/h1-3,12H,4,11H2. The van der Waals surface area contributed by atoms with E-state index < -0.39 is 0 Å². The Hall–Kier alpha value is -0.580. The summed E-state index contributed by atoms with van der Waals surface area (Å²) in [5, 5.41) is 10.9. The lowest BCUT2D eigenvalue weighted by Crippen LogP contribution is -1.82. The van der Waals surface area contributed by atoms with Crippen LogP contribution in [0.25, 0.3) is 10.1 Å². The maximum absolute atomic E-state index is 9.09. The maximum atomic E-state index is 9.09. The first-order valence-electron chi connectivity index (χ1n) is 3.79. The molecule has 0 saturated carbocycles. The van der Waals surface area contributed by atoms with E-state index in [1.807, 2.05) is 18.2 Å². The third-order valence-electron chi connectivity index (χ3n) is 1.90. The van der Waals surface area contributed by atoms with Gasteiger partial charge in [-0.1, -0.05) is 22.0 Å². The molecule has 0 aliphatic carbocycles. The smallest absolute Gasteiger partial charge is 0.0869 e. The molecule has 0 radical (unpaired) electrons. The van der Waals surface area contributed by atoms with Gasteiger partial charge < -0.3 is 10.8 Å². The second-order valence-electron chi connectivity index (χ2n) is 2.76. The van der Waals surface area contributed by atoms with Gasteiger partial charge in [0.25, 0.3) is 0 Å². The minimum absolute atomic E-state index is 0.0593. The Labute approximate surface area is 88.1 Å². The molecule has 0 unspecified atom stereocenters. The van der Waals surface area contributed by atoms with Crippen molar-refractivity contribution in [2.45, 2.75) is 6.61 Å². The van der Waals surface area contributed by atoms with E-state index >= 15 is 0 Å². The van der Waals surface area contributed by atoms with Gasteiger partial charge in [-0.15, -0.1) is 11.3 Å². The monoisotopic (exact) mass is 257 g/mol. The van der Waals surface area contributed by atoms with Gasteiger partial charge in [-0.05, 0) is 17.7 Å². The molecule has 0 aliphatic heterocycles. The van der Waals surface area contributed by atoms with Crippen molar-refractivity contribution in [3.63, 3.8) is 0 Å². The number of benzene rings is 1. The van der Waals surface area contributed by atoms with Gasteiger partial charge in [0, 0.05) is 14.6 Å². The molecule has 68 valence electrons. The summed E-state index contributed by atoms with van der Waals surface area (Å²) in [5.74, 6) is 0. The number of anilines is 1. The third kappa shape index (κ3) is 1.45. The first-order chi connectivity index (χ1) is 6.22. The lowest BCUT2D eigenvalue weighted by molar-refractivity contribution is 0.283. The summed E-state index contributed by atoms with van der Waals surface area (Å²) >= 11 is 4.95. The number of halogens is 1. The minimum atomic E-state index is 0.0593. The fraction of sp³-hybridized carbons (Fsp3) is 0.111. The molecule has 2 rings (SSSR count). The lowest BCUT2D eigenvalue weighted by atomic mass is 10.2. The topological polar surface area (TPSA) is 46.2 Å². The Morgan fingerprint density at radius 2 is 2.23 bits per heavy atom. The summed E-state index contributed by atoms with van der Waals surface area (Å²) in [6.45, 7) is 0.0593. The molecule has 2 nitrogen and oxygen atoms in total. The Bertz CT molecular complexity index is 452. The van der Waals surface area contributed by atoms with Crippen LogP contribution in [-0.2, 0) is 6.61 Å². The quantitative estimate of drug-likeness (QED) is 0.826. The summed E-state index contributed by atoms with van der Waals surface area (Å²) < 4.78 is 2.09. The van der Waals surface area contributed by atoms with Crippen LogP contribution in [0.2, 0.25) is 0 Å². The molecule has 0 atom stereocenters. The van der Waals surface area contributed by atoms with Gasteiger partial charge in [0.05, 0.1) is 11.6 Å². The Morgan fingerprint density at radius 1 is 1.46 bits per heavy atom. The van der Waals surface area contributed by atoms with Crippen LogP contribution in [-0.4, -0.2) is 5.11 Å². The Kier molecular flexibility index (Phi) is 2.27. The number of aliphatic hydroxyl groups excluding tert-OH is 1. The van der Waals surface area contributed by atoms with Crippen LogP contribution in [0.4, 0.5) is 5.00 Å². The molecule has 0 aliphatic rings. The highest BCUT2D eigenvalue weighted by molar-refractivity contribution is 9.10. The first kappa shape index (κ1) is 8.99. The highest BCUT2D eigenvalue weighted by atomic mass is 79.9. The Morgan fingerprint density at radius 3 is 2.92 bits per heavy atom. The minimum Gasteiger partial charge on any atom is -0.392 e. The number of aliphatic hydroxyl groups is 1. The number of rotatable bonds is 1. The molecule has 0 saturated heterocycles. The average Bonchev–Trinajstić information content (AvgIpc) is 2.48. The molecule has 0 spiro atoms. The van der Waals surface area contributed by atoms with Crippen LogP contribution >= 0.6 is 27.3 Å². The van der Waals surface area contributed by atoms with Crippen molar-refractivity contribution in [1.82, 2.24) is 0 Å². The summed E-state index contributed by atoms with van der Waals surface area (Å²) in [4.78, 5) is 0. The van der Waals surface area contributed by atoms with Crippen molar-refractivity contribution in [3.05, 3.63) is 28.2 Å². The molecule has 1 heterocycles. The molecule has 1 aromatic heterocycles. The van der Waals surface area contributed by atoms with Crippen molar-refractivity contribution >= 4 is 42.4 Å². The predicted molar refractivity (Wildman–Crippen MR) is 59.9 cm³/mol. The van der Waals surface area contributed by atoms with Crippen molar-refractivity contribution in [2.24, 2.45) is 0 Å². The molecular weight excluding hydrogens is 250 g/mol. The van der Waals surface area contributed by atoms with Crippen molar-refractivity contribution in [3.8, 4) is 0 Å². The number of hydrogen-bond donors (Lipinski definition) is 2. The third-order valence-corrected chi connectivity index (χ3v) is 3.63. The van der Waals surface area contributed by atoms with Gasteiger partial charge in [-0.2, -0.15) is 0 Å². The second-order valence-corrected chi connectivity index (χ2v) is 4.69. The van der Waals surface area contributed by atoms with Crippen LogP contribution < -0.4 is 5.73 Å². The van der Waals surface area contributed by atoms with Crippen molar-refractivity contribution in [1.29, 1.82) is 0 Å². The SMILES string of the molecule is Nc1cc2c(Br)ccc(CO)c2s1. The van der Waals surface area contributed by atoms with Crippen molar-refractivity contribution in [2.75, 3.05) is 5.73 Å². The van der Waals surface area contributed by atoms with Gasteiger partial charge in [0.15, 0.2) is 0 Å². The van der Waals surface area contributed by atoms with Gasteiger partial charge >= 0.3 is 0 Å². The van der Waals surface area contributed by atoms with E-state index in [0.29, 0.717) is 0 Å². The van der Waals surface area contributed by atoms with Crippen LogP contribution in [0.15, 0.2) is 22.7 Å². The molecule has 0 fully saturated rings. The zero-order valence-electron chi connectivity index (χ0n) is 6.75. The second kappa shape index (κ2) is 3.29. The van der Waals surface area contributed by atoms with E-state index in [4.69, 9.17) is 10.8 Å². The zero-order chi connectivity index (χ0) is 9.42. The molecule has 1 aromatic carbocycles. The summed E-state index contributed by atoms with van der Waals surface area (Å²) in [6.07, 6.45) is 0. The van der Waals surface area contributed by atoms with E-state index in [1.54, 1.807) is 0 Å². The van der Waals surface area contributed by atoms with Gasteiger partial charge in [0.1, 0.15) is 0 Å². The molecule has 13 heavy (non-hydrogen) atoms. The predicted octanol–water partition coefficient (Wildman–Crippen LogP) is 2.74. The summed E-state index contributed by atoms with van der Waals surface area (Å²) in [6, 6.07) is 5.76. The largest absolute Gasteiger partial charge is 0.392 e. The first-order valence-corrected chi connectivity index (χ1v) is 5.40. The summed E-state index contributed by atoms with van der Waals surface area (Å²) in [5.41, 5.74) is 6.63. The average molecular weight is 258 g/mol. The van der Waals surface area contributed by atoms with E-state index in [9.17, 15) is 0 Å². The maximum Gasteiger partial charge on any atom is 0.0869 e. The number of nitrogen functional groups attached to an aromatic ring is 1. The van der Waals surface area contributed by atoms with Crippen LogP contribution in [0.5, 0.6) is 0 Å². The molecule has 0 amide bonds. The number of fused-ring (bicyclic) bond motifs is 1. The van der Waals surface area contributed by atoms with Gasteiger partial charge in [-0.3, -0.25) is 0 Å². The van der Waals surface area contributed by atoms with Crippen LogP contribution in [0.3, 0.4) is 0 Å². The number of nitrogens with two attached hydrogens (primary N) is 1. The van der Waals surface area contributed by atoms with E-state index in [1.165, 1.54) is 11.3 Å². The zero-order valence-corrected chi connectivity index (χ0v) is 9.15. The van der Waals surface area contributed by atoms with Crippen molar-refractivity contribution < 1.29 is 5.11 Å². The highest BCUT2D eigenvalue weighted by Gasteiger charge is 2.06. The van der Waals surface area contributed by atoms with E-state index in [0.717, 1.165) is 25.1 Å². The molecular formula is C9H8BrNOS. The van der Waals surface area contributed by atoms with Crippen LogP contribution in [0.1, 0.15) is 5.56 Å². The van der Waals surface area contributed by atoms with Gasteiger partial charge in [0.2, 0.25) is 0 Å². The van der Waals surface area contributed by atoms with Crippen LogP contribution in [0, 0.1) is 0 Å². The van der Waals surface area contributed by atoms with E-state index in [2.05, 4.69) is 15.9 Å².